The summed E-state index contributed by atoms with van der Waals surface area (Å²) >= 11 is 0. The SMILES string of the molecule is CNS(=O)(=O)c1ccc(Nc2cc(C)ccc2F)c(N)c1. The summed E-state index contributed by atoms with van der Waals surface area (Å²) in [5, 5.41) is 2.86. The molecule has 0 saturated carbocycles. The molecule has 21 heavy (non-hydrogen) atoms. The molecule has 0 aliphatic carbocycles. The summed E-state index contributed by atoms with van der Waals surface area (Å²) in [5.74, 6) is -0.410. The second kappa shape index (κ2) is 5.71. The van der Waals surface area contributed by atoms with Gasteiger partial charge in [0.25, 0.3) is 0 Å². The molecule has 0 aliphatic heterocycles. The maximum atomic E-state index is 13.7. The van der Waals surface area contributed by atoms with E-state index in [0.717, 1.165) is 5.56 Å². The van der Waals surface area contributed by atoms with Crippen molar-refractivity contribution in [3.63, 3.8) is 0 Å². The molecule has 0 saturated heterocycles. The largest absolute Gasteiger partial charge is 0.397 e. The highest BCUT2D eigenvalue weighted by Gasteiger charge is 2.13. The van der Waals surface area contributed by atoms with E-state index in [9.17, 15) is 12.8 Å². The molecule has 0 radical (unpaired) electrons. The molecule has 2 rings (SSSR count). The average molecular weight is 309 g/mol. The molecule has 0 spiro atoms. The van der Waals surface area contributed by atoms with Crippen LogP contribution in [0.1, 0.15) is 5.56 Å². The third-order valence-corrected chi connectivity index (χ3v) is 4.41. The highest BCUT2D eigenvalue weighted by Crippen LogP contribution is 2.27. The topological polar surface area (TPSA) is 84.2 Å². The predicted molar refractivity (Wildman–Crippen MR) is 81.5 cm³/mol. The lowest BCUT2D eigenvalue weighted by Gasteiger charge is -2.12. The van der Waals surface area contributed by atoms with E-state index in [4.69, 9.17) is 5.73 Å². The molecule has 0 fully saturated rings. The van der Waals surface area contributed by atoms with Crippen molar-refractivity contribution < 1.29 is 12.8 Å². The Bertz CT molecular complexity index is 776. The highest BCUT2D eigenvalue weighted by molar-refractivity contribution is 7.89. The molecule has 0 bridgehead atoms. The number of hydrogen-bond donors (Lipinski definition) is 3. The van der Waals surface area contributed by atoms with Crippen LogP contribution in [-0.2, 0) is 10.0 Å². The minimum Gasteiger partial charge on any atom is -0.397 e. The fourth-order valence-corrected chi connectivity index (χ4v) is 2.58. The van der Waals surface area contributed by atoms with Crippen molar-refractivity contribution in [2.45, 2.75) is 11.8 Å². The molecule has 112 valence electrons. The molecule has 2 aromatic carbocycles. The molecule has 0 unspecified atom stereocenters. The number of benzene rings is 2. The van der Waals surface area contributed by atoms with Crippen LogP contribution >= 0.6 is 0 Å². The first-order chi connectivity index (χ1) is 9.83. The van der Waals surface area contributed by atoms with Crippen molar-refractivity contribution in [2.24, 2.45) is 0 Å². The molecule has 0 atom stereocenters. The van der Waals surface area contributed by atoms with E-state index >= 15 is 0 Å². The summed E-state index contributed by atoms with van der Waals surface area (Å²) in [6.45, 7) is 1.84. The predicted octanol–water partition coefficient (Wildman–Crippen LogP) is 2.37. The van der Waals surface area contributed by atoms with E-state index in [2.05, 4.69) is 10.0 Å². The first-order valence-corrected chi connectivity index (χ1v) is 7.68. The maximum Gasteiger partial charge on any atom is 0.240 e. The second-order valence-electron chi connectivity index (χ2n) is 4.56. The van der Waals surface area contributed by atoms with Crippen molar-refractivity contribution in [1.29, 1.82) is 0 Å². The molecule has 0 aromatic heterocycles. The maximum absolute atomic E-state index is 13.7. The van der Waals surface area contributed by atoms with Crippen LogP contribution in [0.25, 0.3) is 0 Å². The quantitative estimate of drug-likeness (QED) is 0.757. The minimum atomic E-state index is -3.56. The Labute approximate surface area is 123 Å². The van der Waals surface area contributed by atoms with Gasteiger partial charge in [0.15, 0.2) is 0 Å². The van der Waals surface area contributed by atoms with Gasteiger partial charge in [-0.2, -0.15) is 0 Å². The Kier molecular flexibility index (Phi) is 4.15. The molecule has 0 amide bonds. The van der Waals surface area contributed by atoms with Crippen LogP contribution in [0.2, 0.25) is 0 Å². The number of sulfonamides is 1. The fraction of sp³-hybridized carbons (Fsp3) is 0.143. The van der Waals surface area contributed by atoms with Gasteiger partial charge in [-0.05, 0) is 49.9 Å². The van der Waals surface area contributed by atoms with Gasteiger partial charge in [-0.25, -0.2) is 17.5 Å². The first kappa shape index (κ1) is 15.3. The van der Waals surface area contributed by atoms with Gasteiger partial charge in [0.05, 0.1) is 22.0 Å². The second-order valence-corrected chi connectivity index (χ2v) is 6.45. The van der Waals surface area contributed by atoms with Crippen molar-refractivity contribution in [3.05, 3.63) is 47.8 Å². The monoisotopic (exact) mass is 309 g/mol. The van der Waals surface area contributed by atoms with Crippen LogP contribution in [0.3, 0.4) is 0 Å². The zero-order valence-corrected chi connectivity index (χ0v) is 12.5. The van der Waals surface area contributed by atoms with Crippen LogP contribution in [0.15, 0.2) is 41.3 Å². The summed E-state index contributed by atoms with van der Waals surface area (Å²) in [6.07, 6.45) is 0. The lowest BCUT2D eigenvalue weighted by Crippen LogP contribution is -2.18. The van der Waals surface area contributed by atoms with Crippen molar-refractivity contribution in [2.75, 3.05) is 18.1 Å². The van der Waals surface area contributed by atoms with Crippen LogP contribution in [-0.4, -0.2) is 15.5 Å². The fourth-order valence-electron chi connectivity index (χ4n) is 1.82. The minimum absolute atomic E-state index is 0.0535. The van der Waals surface area contributed by atoms with Gasteiger partial charge in [-0.15, -0.1) is 0 Å². The highest BCUT2D eigenvalue weighted by atomic mass is 32.2. The van der Waals surface area contributed by atoms with Crippen molar-refractivity contribution in [3.8, 4) is 0 Å². The Balaban J connectivity index is 2.36. The zero-order valence-electron chi connectivity index (χ0n) is 11.6. The number of anilines is 3. The van der Waals surface area contributed by atoms with E-state index in [0.29, 0.717) is 5.69 Å². The number of rotatable bonds is 4. The molecule has 5 nitrogen and oxygen atoms in total. The van der Waals surface area contributed by atoms with E-state index < -0.39 is 15.8 Å². The molecule has 4 N–H and O–H groups in total. The van der Waals surface area contributed by atoms with Crippen molar-refractivity contribution in [1.82, 2.24) is 4.72 Å². The Hall–Kier alpha value is -2.12. The van der Waals surface area contributed by atoms with E-state index in [1.165, 1.54) is 31.3 Å². The summed E-state index contributed by atoms with van der Waals surface area (Å²) < 4.78 is 39.3. The lowest BCUT2D eigenvalue weighted by atomic mass is 10.2. The zero-order chi connectivity index (χ0) is 15.6. The summed E-state index contributed by atoms with van der Waals surface area (Å²) in [7, 11) is -2.24. The van der Waals surface area contributed by atoms with E-state index in [-0.39, 0.29) is 16.3 Å². The normalized spacial score (nSPS) is 11.4. The molecule has 2 aromatic rings. The molecular weight excluding hydrogens is 293 g/mol. The van der Waals surface area contributed by atoms with Gasteiger partial charge in [-0.1, -0.05) is 6.07 Å². The van der Waals surface area contributed by atoms with Crippen molar-refractivity contribution >= 4 is 27.1 Å². The Morgan fingerprint density at radius 2 is 1.81 bits per heavy atom. The van der Waals surface area contributed by atoms with Gasteiger partial charge >= 0.3 is 0 Å². The van der Waals surface area contributed by atoms with Gasteiger partial charge in [0.1, 0.15) is 5.82 Å². The molecular formula is C14H16FN3O2S. The van der Waals surface area contributed by atoms with Crippen LogP contribution in [0.4, 0.5) is 21.5 Å². The summed E-state index contributed by atoms with van der Waals surface area (Å²) in [6, 6.07) is 8.88. The number of nitrogen functional groups attached to an aromatic ring is 1. The smallest absolute Gasteiger partial charge is 0.240 e. The Morgan fingerprint density at radius 3 is 2.43 bits per heavy atom. The van der Waals surface area contributed by atoms with E-state index in [1.54, 1.807) is 12.1 Å². The van der Waals surface area contributed by atoms with Crippen LogP contribution in [0, 0.1) is 12.7 Å². The number of aryl methyl sites for hydroxylation is 1. The number of halogens is 1. The molecule has 7 heteroatoms. The Morgan fingerprint density at radius 1 is 1.10 bits per heavy atom. The third kappa shape index (κ3) is 3.32. The summed E-state index contributed by atoms with van der Waals surface area (Å²) in [4.78, 5) is 0.0535. The van der Waals surface area contributed by atoms with Gasteiger partial charge in [-0.3, -0.25) is 0 Å². The number of nitrogens with one attached hydrogen (secondary N) is 2. The third-order valence-electron chi connectivity index (χ3n) is 2.99. The number of hydrogen-bond acceptors (Lipinski definition) is 4. The molecule has 0 aliphatic rings. The lowest BCUT2D eigenvalue weighted by molar-refractivity contribution is 0.588. The van der Waals surface area contributed by atoms with Crippen LogP contribution in [0.5, 0.6) is 0 Å². The van der Waals surface area contributed by atoms with E-state index in [1.807, 2.05) is 6.92 Å². The van der Waals surface area contributed by atoms with Crippen LogP contribution < -0.4 is 15.8 Å². The van der Waals surface area contributed by atoms with Gasteiger partial charge < -0.3 is 11.1 Å². The number of nitrogens with two attached hydrogens (primary N) is 1. The first-order valence-electron chi connectivity index (χ1n) is 6.20. The van der Waals surface area contributed by atoms with Gasteiger partial charge in [0, 0.05) is 0 Å². The standard InChI is InChI=1S/C14H16FN3O2S/c1-9-3-5-11(15)14(7-9)18-13-6-4-10(8-12(13)16)21(19,20)17-2/h3-8,17-18H,16H2,1-2H3. The van der Waals surface area contributed by atoms with Gasteiger partial charge in [0.2, 0.25) is 10.0 Å². The average Bonchev–Trinajstić information content (AvgIpc) is 2.44. The summed E-state index contributed by atoms with van der Waals surface area (Å²) in [5.41, 5.74) is 7.66. The molecule has 0 heterocycles.